The van der Waals surface area contributed by atoms with Crippen molar-refractivity contribution in [3.8, 4) is 0 Å². The second-order valence-corrected chi connectivity index (χ2v) is 8.25. The van der Waals surface area contributed by atoms with E-state index in [1.807, 2.05) is 6.08 Å². The summed E-state index contributed by atoms with van der Waals surface area (Å²) in [6, 6.07) is 0. The molecule has 0 saturated carbocycles. The van der Waals surface area contributed by atoms with Crippen molar-refractivity contribution in [1.82, 2.24) is 4.90 Å². The highest BCUT2D eigenvalue weighted by Gasteiger charge is 2.16. The molecule has 1 amide bonds. The average Bonchev–Trinajstić information content (AvgIpc) is 3.13. The first kappa shape index (κ1) is 27.0. The normalized spacial score (nSPS) is 13.3. The number of rotatable bonds is 18. The van der Waals surface area contributed by atoms with Crippen LogP contribution in [-0.4, -0.2) is 17.4 Å². The van der Waals surface area contributed by atoms with Crippen LogP contribution in [0.2, 0.25) is 0 Å². The van der Waals surface area contributed by atoms with Crippen molar-refractivity contribution in [2.75, 3.05) is 6.54 Å². The lowest BCUT2D eigenvalue weighted by molar-refractivity contribution is -0.125. The third kappa shape index (κ3) is 18.3. The molecule has 28 heavy (non-hydrogen) atoms. The van der Waals surface area contributed by atoms with E-state index in [2.05, 4.69) is 20.1 Å². The lowest BCUT2D eigenvalue weighted by atomic mass is 10.0. The standard InChI is InChI=1S/C20H40.C6H9NO/c1-3-5-7-9-11-13-15-17-19-20-18-16-14-12-10-8-6-4-2;1-2-7-5-3-4-6(7)8/h3H,1,4-20H2,2H3;2H,1,3-5H2. The van der Waals surface area contributed by atoms with Gasteiger partial charge in [0.2, 0.25) is 5.91 Å². The summed E-state index contributed by atoms with van der Waals surface area (Å²) in [5.41, 5.74) is 0. The minimum atomic E-state index is 0.208. The van der Waals surface area contributed by atoms with Gasteiger partial charge in [0.15, 0.2) is 0 Å². The summed E-state index contributed by atoms with van der Waals surface area (Å²) in [7, 11) is 0. The molecular formula is C26H49NO. The van der Waals surface area contributed by atoms with Gasteiger partial charge in [0, 0.05) is 13.0 Å². The molecule has 0 aromatic carbocycles. The molecule has 0 aromatic rings. The fourth-order valence-electron chi connectivity index (χ4n) is 3.70. The summed E-state index contributed by atoms with van der Waals surface area (Å²) in [6.07, 6.45) is 29.7. The van der Waals surface area contributed by atoms with Crippen LogP contribution in [0.3, 0.4) is 0 Å². The van der Waals surface area contributed by atoms with Gasteiger partial charge in [0.05, 0.1) is 0 Å². The Labute approximate surface area is 176 Å². The number of amides is 1. The average molecular weight is 392 g/mol. The highest BCUT2D eigenvalue weighted by atomic mass is 16.2. The lowest BCUT2D eigenvalue weighted by Crippen LogP contribution is -2.16. The molecule has 0 radical (unpaired) electrons. The molecule has 0 atom stereocenters. The summed E-state index contributed by atoms with van der Waals surface area (Å²) in [5.74, 6) is 0.208. The van der Waals surface area contributed by atoms with E-state index >= 15 is 0 Å². The van der Waals surface area contributed by atoms with Crippen LogP contribution < -0.4 is 0 Å². The lowest BCUT2D eigenvalue weighted by Gasteiger charge is -2.05. The van der Waals surface area contributed by atoms with Gasteiger partial charge in [-0.25, -0.2) is 0 Å². The van der Waals surface area contributed by atoms with E-state index in [0.717, 1.165) is 13.0 Å². The van der Waals surface area contributed by atoms with Gasteiger partial charge in [0.25, 0.3) is 0 Å². The van der Waals surface area contributed by atoms with E-state index in [1.165, 1.54) is 109 Å². The second-order valence-electron chi connectivity index (χ2n) is 8.25. The quantitative estimate of drug-likeness (QED) is 0.169. The molecule has 1 aliphatic rings. The van der Waals surface area contributed by atoms with E-state index < -0.39 is 0 Å². The molecule has 0 spiro atoms. The van der Waals surface area contributed by atoms with Crippen LogP contribution in [0.4, 0.5) is 0 Å². The van der Waals surface area contributed by atoms with Crippen LogP contribution >= 0.6 is 0 Å². The van der Waals surface area contributed by atoms with Crippen LogP contribution in [-0.2, 0) is 4.79 Å². The van der Waals surface area contributed by atoms with Gasteiger partial charge in [-0.05, 0) is 25.5 Å². The Balaban J connectivity index is 0.000000749. The zero-order valence-electron chi connectivity index (χ0n) is 19.1. The van der Waals surface area contributed by atoms with Crippen molar-refractivity contribution in [3.63, 3.8) is 0 Å². The molecule has 164 valence electrons. The summed E-state index contributed by atoms with van der Waals surface area (Å²) in [4.78, 5) is 12.3. The number of carbonyl (C=O) groups is 1. The molecule has 0 aliphatic carbocycles. The molecule has 0 bridgehead atoms. The third-order valence-electron chi connectivity index (χ3n) is 5.59. The Bertz CT molecular complexity index is 363. The van der Waals surface area contributed by atoms with Crippen molar-refractivity contribution >= 4 is 5.91 Å². The first-order chi connectivity index (χ1) is 13.8. The number of likely N-dealkylation sites (tertiary alicyclic amines) is 1. The van der Waals surface area contributed by atoms with Gasteiger partial charge in [-0.15, -0.1) is 6.58 Å². The van der Waals surface area contributed by atoms with Gasteiger partial charge >= 0.3 is 0 Å². The summed E-state index contributed by atoms with van der Waals surface area (Å²) < 4.78 is 0. The molecule has 1 saturated heterocycles. The molecule has 0 unspecified atom stereocenters. The molecule has 0 aromatic heterocycles. The van der Waals surface area contributed by atoms with E-state index in [-0.39, 0.29) is 5.91 Å². The van der Waals surface area contributed by atoms with E-state index in [1.54, 1.807) is 11.1 Å². The topological polar surface area (TPSA) is 20.3 Å². The number of hydrogen-bond donors (Lipinski definition) is 0. The zero-order chi connectivity index (χ0) is 20.7. The minimum absolute atomic E-state index is 0.208. The fraction of sp³-hybridized carbons (Fsp3) is 0.808. The second kappa shape index (κ2) is 22.2. The van der Waals surface area contributed by atoms with Gasteiger partial charge in [-0.1, -0.05) is 116 Å². The highest BCUT2D eigenvalue weighted by Crippen LogP contribution is 2.14. The third-order valence-corrected chi connectivity index (χ3v) is 5.59. The van der Waals surface area contributed by atoms with Crippen LogP contribution in [0.1, 0.15) is 129 Å². The maximum Gasteiger partial charge on any atom is 0.226 e. The number of hydrogen-bond acceptors (Lipinski definition) is 1. The monoisotopic (exact) mass is 391 g/mol. The van der Waals surface area contributed by atoms with Crippen LogP contribution in [0.15, 0.2) is 25.4 Å². The van der Waals surface area contributed by atoms with Crippen LogP contribution in [0.25, 0.3) is 0 Å². The van der Waals surface area contributed by atoms with Gasteiger partial charge in [-0.2, -0.15) is 0 Å². The molecule has 1 fully saturated rings. The minimum Gasteiger partial charge on any atom is -0.320 e. The number of nitrogens with zero attached hydrogens (tertiary/aromatic N) is 1. The van der Waals surface area contributed by atoms with E-state index in [9.17, 15) is 4.79 Å². The van der Waals surface area contributed by atoms with Gasteiger partial charge < -0.3 is 4.90 Å². The van der Waals surface area contributed by atoms with Gasteiger partial charge in [-0.3, -0.25) is 4.79 Å². The Morgan fingerprint density at radius 3 is 1.46 bits per heavy atom. The van der Waals surface area contributed by atoms with Crippen molar-refractivity contribution in [1.29, 1.82) is 0 Å². The largest absolute Gasteiger partial charge is 0.320 e. The number of unbranched alkanes of at least 4 members (excludes halogenated alkanes) is 16. The molecule has 1 aliphatic heterocycles. The van der Waals surface area contributed by atoms with Gasteiger partial charge in [0.1, 0.15) is 0 Å². The SMILES string of the molecule is C=CCCCCCCCCCCCCCCCCCC.C=CN1CCCC1=O. The van der Waals surface area contributed by atoms with Crippen molar-refractivity contribution in [3.05, 3.63) is 25.4 Å². The maximum absolute atomic E-state index is 10.7. The summed E-state index contributed by atoms with van der Waals surface area (Å²) >= 11 is 0. The molecule has 0 N–H and O–H groups in total. The Kier molecular flexibility index (Phi) is 21.4. The molecule has 1 rings (SSSR count). The number of allylic oxidation sites excluding steroid dienone is 1. The summed E-state index contributed by atoms with van der Waals surface area (Å²) in [5, 5.41) is 0. The van der Waals surface area contributed by atoms with Crippen molar-refractivity contribution in [2.24, 2.45) is 0 Å². The Morgan fingerprint density at radius 2 is 1.18 bits per heavy atom. The smallest absolute Gasteiger partial charge is 0.226 e. The first-order valence-electron chi connectivity index (χ1n) is 12.3. The first-order valence-corrected chi connectivity index (χ1v) is 12.3. The molecule has 2 nitrogen and oxygen atoms in total. The Hall–Kier alpha value is -1.05. The predicted octanol–water partition coefficient (Wildman–Crippen LogP) is 8.58. The Morgan fingerprint density at radius 1 is 0.750 bits per heavy atom. The maximum atomic E-state index is 10.7. The molecular weight excluding hydrogens is 342 g/mol. The predicted molar refractivity (Wildman–Crippen MR) is 126 cm³/mol. The summed E-state index contributed by atoms with van der Waals surface area (Å²) in [6.45, 7) is 10.4. The van der Waals surface area contributed by atoms with Crippen LogP contribution in [0.5, 0.6) is 0 Å². The molecule has 1 heterocycles. The van der Waals surface area contributed by atoms with E-state index in [0.29, 0.717) is 6.42 Å². The van der Waals surface area contributed by atoms with E-state index in [4.69, 9.17) is 0 Å². The number of carbonyl (C=O) groups excluding carboxylic acids is 1. The molecule has 2 heteroatoms. The van der Waals surface area contributed by atoms with Crippen molar-refractivity contribution < 1.29 is 4.79 Å². The van der Waals surface area contributed by atoms with Crippen LogP contribution in [0, 0.1) is 0 Å². The van der Waals surface area contributed by atoms with Crippen molar-refractivity contribution in [2.45, 2.75) is 129 Å². The fourth-order valence-corrected chi connectivity index (χ4v) is 3.70. The zero-order valence-corrected chi connectivity index (χ0v) is 19.1. The highest BCUT2D eigenvalue weighted by molar-refractivity contribution is 5.78.